The van der Waals surface area contributed by atoms with Crippen LogP contribution in [-0.4, -0.2) is 26.3 Å². The van der Waals surface area contributed by atoms with Crippen LogP contribution in [0.15, 0.2) is 59.8 Å². The van der Waals surface area contributed by atoms with Gasteiger partial charge in [-0.3, -0.25) is 4.79 Å². The molecular formula is C21H22ClN3OS. The number of thioether (sulfide) groups is 1. The van der Waals surface area contributed by atoms with Gasteiger partial charge in [-0.05, 0) is 42.7 Å². The Labute approximate surface area is 169 Å². The van der Waals surface area contributed by atoms with Gasteiger partial charge in [-0.15, -0.1) is 10.2 Å². The van der Waals surface area contributed by atoms with Crippen molar-refractivity contribution in [2.75, 3.05) is 5.75 Å². The van der Waals surface area contributed by atoms with Crippen molar-refractivity contribution in [3.05, 3.63) is 76.6 Å². The molecule has 0 saturated heterocycles. The highest BCUT2D eigenvalue weighted by molar-refractivity contribution is 7.99. The number of rotatable bonds is 9. The van der Waals surface area contributed by atoms with E-state index in [0.717, 1.165) is 36.8 Å². The molecule has 0 bridgehead atoms. The second-order valence-electron chi connectivity index (χ2n) is 6.25. The topological polar surface area (TPSA) is 47.8 Å². The number of aryl methyl sites for hydroxylation is 2. The number of benzene rings is 2. The number of halogens is 1. The third kappa shape index (κ3) is 5.44. The lowest BCUT2D eigenvalue weighted by Crippen LogP contribution is -2.08. The molecule has 0 saturated carbocycles. The first kappa shape index (κ1) is 19.6. The number of hydrogen-bond acceptors (Lipinski definition) is 4. The third-order valence-corrected chi connectivity index (χ3v) is 5.44. The van der Waals surface area contributed by atoms with Crippen LogP contribution >= 0.6 is 23.4 Å². The maximum atomic E-state index is 12.4. The van der Waals surface area contributed by atoms with Crippen LogP contribution in [0.4, 0.5) is 0 Å². The van der Waals surface area contributed by atoms with Crippen molar-refractivity contribution in [3.8, 4) is 0 Å². The van der Waals surface area contributed by atoms with Crippen molar-refractivity contribution >= 4 is 29.1 Å². The van der Waals surface area contributed by atoms with Crippen molar-refractivity contribution in [2.45, 2.75) is 37.9 Å². The van der Waals surface area contributed by atoms with Crippen LogP contribution in [0, 0.1) is 0 Å². The summed E-state index contributed by atoms with van der Waals surface area (Å²) in [6, 6.07) is 17.4. The molecule has 3 aromatic rings. The third-order valence-electron chi connectivity index (χ3n) is 4.22. The maximum Gasteiger partial charge on any atom is 0.191 e. The highest BCUT2D eigenvalue weighted by atomic mass is 35.5. The largest absolute Gasteiger partial charge is 0.306 e. The van der Waals surface area contributed by atoms with Gasteiger partial charge in [0.2, 0.25) is 0 Å². The molecule has 0 fully saturated rings. The molecule has 0 N–H and O–H groups in total. The molecule has 0 amide bonds. The van der Waals surface area contributed by atoms with Gasteiger partial charge in [0.25, 0.3) is 0 Å². The van der Waals surface area contributed by atoms with E-state index in [1.807, 2.05) is 6.07 Å². The molecule has 0 spiro atoms. The Morgan fingerprint density at radius 1 is 1.04 bits per heavy atom. The number of nitrogens with zero attached hydrogens (tertiary/aromatic N) is 3. The molecule has 27 heavy (non-hydrogen) atoms. The van der Waals surface area contributed by atoms with Gasteiger partial charge in [0.15, 0.2) is 10.9 Å². The molecule has 0 aliphatic rings. The molecule has 6 heteroatoms. The fraction of sp³-hybridized carbons (Fsp3) is 0.286. The van der Waals surface area contributed by atoms with Crippen LogP contribution in [0.5, 0.6) is 0 Å². The van der Waals surface area contributed by atoms with Crippen molar-refractivity contribution in [1.29, 1.82) is 0 Å². The summed E-state index contributed by atoms with van der Waals surface area (Å²) >= 11 is 7.33. The van der Waals surface area contributed by atoms with Crippen LogP contribution in [-0.2, 0) is 19.4 Å². The van der Waals surface area contributed by atoms with E-state index in [1.54, 1.807) is 24.3 Å². The minimum atomic E-state index is 0.0635. The zero-order valence-corrected chi connectivity index (χ0v) is 16.8. The van der Waals surface area contributed by atoms with Gasteiger partial charge in [0.1, 0.15) is 5.82 Å². The first-order valence-electron chi connectivity index (χ1n) is 9.05. The van der Waals surface area contributed by atoms with Crippen LogP contribution in [0.25, 0.3) is 0 Å². The van der Waals surface area contributed by atoms with Crippen molar-refractivity contribution in [3.63, 3.8) is 0 Å². The Hall–Kier alpha value is -2.11. The number of Topliss-reactive ketones (excluding diaryl/α,β-unsaturated/α-hetero) is 1. The van der Waals surface area contributed by atoms with Gasteiger partial charge in [0.05, 0.1) is 5.75 Å². The van der Waals surface area contributed by atoms with E-state index >= 15 is 0 Å². The standard InChI is InChI=1S/C21H22ClN3OS/c1-2-14-25-20(13-8-16-6-4-3-5-7-16)23-24-21(25)27-15-19(26)17-9-11-18(22)12-10-17/h3-7,9-12H,2,8,13-15H2,1H3. The van der Waals surface area contributed by atoms with Crippen LogP contribution in [0.1, 0.15) is 35.1 Å². The highest BCUT2D eigenvalue weighted by Crippen LogP contribution is 2.20. The Morgan fingerprint density at radius 2 is 1.78 bits per heavy atom. The molecule has 3 rings (SSSR count). The van der Waals surface area contributed by atoms with E-state index in [-0.39, 0.29) is 5.78 Å². The highest BCUT2D eigenvalue weighted by Gasteiger charge is 2.14. The quantitative estimate of drug-likeness (QED) is 0.371. The van der Waals surface area contributed by atoms with Gasteiger partial charge in [-0.1, -0.05) is 60.6 Å². The zero-order chi connectivity index (χ0) is 19.1. The number of hydrogen-bond donors (Lipinski definition) is 0. The summed E-state index contributed by atoms with van der Waals surface area (Å²) in [6.07, 6.45) is 2.76. The van der Waals surface area contributed by atoms with Crippen molar-refractivity contribution in [1.82, 2.24) is 14.8 Å². The molecule has 0 aliphatic carbocycles. The average molecular weight is 400 g/mol. The van der Waals surface area contributed by atoms with Gasteiger partial charge in [0, 0.05) is 23.6 Å². The second kappa shape index (κ2) is 9.72. The minimum absolute atomic E-state index is 0.0635. The monoisotopic (exact) mass is 399 g/mol. The van der Waals surface area contributed by atoms with Gasteiger partial charge >= 0.3 is 0 Å². The first-order valence-corrected chi connectivity index (χ1v) is 10.4. The number of carbonyl (C=O) groups excluding carboxylic acids is 1. The van der Waals surface area contributed by atoms with E-state index in [2.05, 4.69) is 46.0 Å². The molecule has 1 aromatic heterocycles. The molecule has 4 nitrogen and oxygen atoms in total. The molecule has 0 aliphatic heterocycles. The molecule has 0 atom stereocenters. The summed E-state index contributed by atoms with van der Waals surface area (Å²) in [5, 5.41) is 10.1. The maximum absolute atomic E-state index is 12.4. The van der Waals surface area contributed by atoms with E-state index in [0.29, 0.717) is 16.3 Å². The van der Waals surface area contributed by atoms with Crippen molar-refractivity contribution < 1.29 is 4.79 Å². The minimum Gasteiger partial charge on any atom is -0.306 e. The predicted octanol–water partition coefficient (Wildman–Crippen LogP) is 5.10. The van der Waals surface area contributed by atoms with E-state index < -0.39 is 0 Å². The van der Waals surface area contributed by atoms with E-state index in [9.17, 15) is 4.79 Å². The molecular weight excluding hydrogens is 378 g/mol. The molecule has 2 aromatic carbocycles. The number of aromatic nitrogens is 3. The van der Waals surface area contributed by atoms with Gasteiger partial charge in [-0.25, -0.2) is 0 Å². The Balaban J connectivity index is 1.65. The van der Waals surface area contributed by atoms with Crippen LogP contribution in [0.2, 0.25) is 5.02 Å². The molecule has 0 radical (unpaired) electrons. The first-order chi connectivity index (χ1) is 13.2. The predicted molar refractivity (Wildman–Crippen MR) is 111 cm³/mol. The lowest BCUT2D eigenvalue weighted by atomic mass is 10.1. The number of ketones is 1. The lowest BCUT2D eigenvalue weighted by molar-refractivity contribution is 0.102. The summed E-state index contributed by atoms with van der Waals surface area (Å²) in [5.41, 5.74) is 1.95. The SMILES string of the molecule is CCCn1c(CCc2ccccc2)nnc1SCC(=O)c1ccc(Cl)cc1. The van der Waals surface area contributed by atoms with Gasteiger partial charge < -0.3 is 4.57 Å². The molecule has 140 valence electrons. The average Bonchev–Trinajstić information content (AvgIpc) is 3.08. The van der Waals surface area contributed by atoms with Gasteiger partial charge in [-0.2, -0.15) is 0 Å². The smallest absolute Gasteiger partial charge is 0.191 e. The lowest BCUT2D eigenvalue weighted by Gasteiger charge is -2.09. The fourth-order valence-electron chi connectivity index (χ4n) is 2.81. The van der Waals surface area contributed by atoms with Crippen LogP contribution < -0.4 is 0 Å². The Kier molecular flexibility index (Phi) is 7.07. The zero-order valence-electron chi connectivity index (χ0n) is 15.3. The summed E-state index contributed by atoms with van der Waals surface area (Å²) in [7, 11) is 0. The van der Waals surface area contributed by atoms with Crippen LogP contribution in [0.3, 0.4) is 0 Å². The summed E-state index contributed by atoms with van der Waals surface area (Å²) < 4.78 is 2.14. The fourth-order valence-corrected chi connectivity index (χ4v) is 3.81. The summed E-state index contributed by atoms with van der Waals surface area (Å²) in [4.78, 5) is 12.4. The molecule has 1 heterocycles. The Bertz CT molecular complexity index is 878. The molecule has 0 unspecified atom stereocenters. The number of carbonyl (C=O) groups is 1. The van der Waals surface area contributed by atoms with Crippen molar-refractivity contribution in [2.24, 2.45) is 0 Å². The van der Waals surface area contributed by atoms with E-state index in [1.165, 1.54) is 17.3 Å². The summed E-state index contributed by atoms with van der Waals surface area (Å²) in [5.74, 6) is 1.37. The van der Waals surface area contributed by atoms with E-state index in [4.69, 9.17) is 11.6 Å². The summed E-state index contributed by atoms with van der Waals surface area (Å²) in [6.45, 7) is 2.99. The Morgan fingerprint density at radius 3 is 2.48 bits per heavy atom. The second-order valence-corrected chi connectivity index (χ2v) is 7.63. The normalized spacial score (nSPS) is 10.9.